The highest BCUT2D eigenvalue weighted by atomic mass is 32.2. The van der Waals surface area contributed by atoms with Crippen molar-refractivity contribution in [1.82, 2.24) is 5.43 Å². The Morgan fingerprint density at radius 2 is 2.08 bits per heavy atom. The molecule has 0 spiro atoms. The van der Waals surface area contributed by atoms with E-state index in [9.17, 15) is 9.18 Å². The molecule has 0 atom stereocenters. The van der Waals surface area contributed by atoms with Crippen LogP contribution < -0.4 is 10.3 Å². The summed E-state index contributed by atoms with van der Waals surface area (Å²) in [6, 6.07) is 12.0. The number of anilines is 1. The van der Waals surface area contributed by atoms with Gasteiger partial charge in [0, 0.05) is 48.0 Å². The SMILES string of the molecule is CN(C)c1cccc(C(=O)N/N=C2\CCSc3ccc(F)cc32)c1. The van der Waals surface area contributed by atoms with E-state index in [2.05, 4.69) is 10.5 Å². The maximum absolute atomic E-state index is 13.5. The molecule has 4 nitrogen and oxygen atoms in total. The van der Waals surface area contributed by atoms with Gasteiger partial charge in [0.25, 0.3) is 5.91 Å². The van der Waals surface area contributed by atoms with Gasteiger partial charge in [-0.15, -0.1) is 11.8 Å². The van der Waals surface area contributed by atoms with Crippen molar-refractivity contribution in [2.45, 2.75) is 11.3 Å². The first-order valence-electron chi connectivity index (χ1n) is 7.61. The molecule has 0 radical (unpaired) electrons. The Hall–Kier alpha value is -2.34. The summed E-state index contributed by atoms with van der Waals surface area (Å²) >= 11 is 1.67. The molecule has 2 aromatic carbocycles. The van der Waals surface area contributed by atoms with Gasteiger partial charge in [0.1, 0.15) is 5.82 Å². The Kier molecular flexibility index (Phi) is 4.85. The summed E-state index contributed by atoms with van der Waals surface area (Å²) in [6.45, 7) is 0. The van der Waals surface area contributed by atoms with E-state index in [1.165, 1.54) is 12.1 Å². The summed E-state index contributed by atoms with van der Waals surface area (Å²) in [7, 11) is 3.84. The second kappa shape index (κ2) is 7.05. The molecule has 0 aliphatic carbocycles. The molecule has 1 aliphatic rings. The van der Waals surface area contributed by atoms with Gasteiger partial charge < -0.3 is 4.90 Å². The number of thioether (sulfide) groups is 1. The van der Waals surface area contributed by atoms with E-state index in [0.717, 1.165) is 21.9 Å². The van der Waals surface area contributed by atoms with Crippen LogP contribution in [0, 0.1) is 5.82 Å². The molecule has 0 saturated heterocycles. The van der Waals surface area contributed by atoms with Crippen LogP contribution in [0.5, 0.6) is 0 Å². The van der Waals surface area contributed by atoms with Crippen LogP contribution in [-0.4, -0.2) is 31.5 Å². The molecule has 6 heteroatoms. The number of hydrazone groups is 1. The monoisotopic (exact) mass is 343 g/mol. The minimum Gasteiger partial charge on any atom is -0.378 e. The second-order valence-corrected chi connectivity index (χ2v) is 6.82. The van der Waals surface area contributed by atoms with Crippen molar-refractivity contribution in [2.24, 2.45) is 5.10 Å². The van der Waals surface area contributed by atoms with E-state index >= 15 is 0 Å². The lowest BCUT2D eigenvalue weighted by Gasteiger charge is -2.17. The molecule has 2 aromatic rings. The zero-order valence-corrected chi connectivity index (χ0v) is 14.4. The Labute approximate surface area is 144 Å². The Morgan fingerprint density at radius 1 is 1.25 bits per heavy atom. The van der Waals surface area contributed by atoms with Crippen molar-refractivity contribution < 1.29 is 9.18 Å². The van der Waals surface area contributed by atoms with Gasteiger partial charge in [-0.05, 0) is 36.4 Å². The molecule has 24 heavy (non-hydrogen) atoms. The summed E-state index contributed by atoms with van der Waals surface area (Å²) in [5.41, 5.74) is 5.54. The summed E-state index contributed by atoms with van der Waals surface area (Å²) < 4.78 is 13.5. The van der Waals surface area contributed by atoms with Crippen LogP contribution >= 0.6 is 11.8 Å². The minimum atomic E-state index is -0.297. The van der Waals surface area contributed by atoms with E-state index in [0.29, 0.717) is 17.7 Å². The average molecular weight is 343 g/mol. The normalized spacial score (nSPS) is 15.0. The number of fused-ring (bicyclic) bond motifs is 1. The van der Waals surface area contributed by atoms with Gasteiger partial charge in [-0.25, -0.2) is 9.82 Å². The Morgan fingerprint density at radius 3 is 2.88 bits per heavy atom. The number of benzene rings is 2. The van der Waals surface area contributed by atoms with Crippen LogP contribution in [0.1, 0.15) is 22.3 Å². The predicted octanol–water partition coefficient (Wildman–Crippen LogP) is 3.52. The summed E-state index contributed by atoms with van der Waals surface area (Å²) in [4.78, 5) is 15.2. The molecule has 124 valence electrons. The average Bonchev–Trinajstić information content (AvgIpc) is 2.59. The number of rotatable bonds is 3. The second-order valence-electron chi connectivity index (χ2n) is 5.68. The largest absolute Gasteiger partial charge is 0.378 e. The quantitative estimate of drug-likeness (QED) is 0.867. The van der Waals surface area contributed by atoms with Gasteiger partial charge in [-0.2, -0.15) is 5.10 Å². The van der Waals surface area contributed by atoms with E-state index < -0.39 is 0 Å². The smallest absolute Gasteiger partial charge is 0.271 e. The van der Waals surface area contributed by atoms with Crippen LogP contribution in [0.15, 0.2) is 52.5 Å². The number of amides is 1. The maximum Gasteiger partial charge on any atom is 0.271 e. The fourth-order valence-electron chi connectivity index (χ4n) is 2.47. The molecular weight excluding hydrogens is 325 g/mol. The van der Waals surface area contributed by atoms with Crippen molar-refractivity contribution in [3.8, 4) is 0 Å². The van der Waals surface area contributed by atoms with Crippen LogP contribution in [0.25, 0.3) is 0 Å². The van der Waals surface area contributed by atoms with Crippen molar-refractivity contribution in [1.29, 1.82) is 0 Å². The fourth-order valence-corrected chi connectivity index (χ4v) is 3.48. The van der Waals surface area contributed by atoms with Gasteiger partial charge in [0.15, 0.2) is 0 Å². The van der Waals surface area contributed by atoms with Crippen LogP contribution in [0.3, 0.4) is 0 Å². The van der Waals surface area contributed by atoms with E-state index in [1.54, 1.807) is 30.0 Å². The molecular formula is C18H18FN3OS. The van der Waals surface area contributed by atoms with Gasteiger partial charge in [-0.3, -0.25) is 4.79 Å². The highest BCUT2D eigenvalue weighted by Crippen LogP contribution is 2.30. The number of nitrogens with one attached hydrogen (secondary N) is 1. The lowest BCUT2D eigenvalue weighted by molar-refractivity contribution is 0.0955. The zero-order valence-electron chi connectivity index (χ0n) is 13.5. The third kappa shape index (κ3) is 3.59. The Bertz CT molecular complexity index is 805. The predicted molar refractivity (Wildman–Crippen MR) is 96.5 cm³/mol. The first-order chi connectivity index (χ1) is 11.5. The Balaban J connectivity index is 1.80. The van der Waals surface area contributed by atoms with Gasteiger partial charge in [-0.1, -0.05) is 6.07 Å². The molecule has 1 aliphatic heterocycles. The minimum absolute atomic E-state index is 0.276. The number of hydrogen-bond acceptors (Lipinski definition) is 4. The molecule has 0 bridgehead atoms. The molecule has 0 fully saturated rings. The number of carbonyl (C=O) groups is 1. The molecule has 0 unspecified atom stereocenters. The van der Waals surface area contributed by atoms with Crippen LogP contribution in [0.4, 0.5) is 10.1 Å². The summed E-state index contributed by atoms with van der Waals surface area (Å²) in [6.07, 6.45) is 0.694. The standard InChI is InChI=1S/C18H18FN3OS/c1-22(2)14-5-3-4-12(10-14)18(23)21-20-16-8-9-24-17-7-6-13(19)11-15(16)17/h3-7,10-11H,8-9H2,1-2H3,(H,21,23)/b20-16+. The topological polar surface area (TPSA) is 44.7 Å². The van der Waals surface area contributed by atoms with Crippen molar-refractivity contribution in [3.63, 3.8) is 0 Å². The number of nitrogens with zero attached hydrogens (tertiary/aromatic N) is 2. The van der Waals surface area contributed by atoms with Crippen LogP contribution in [0.2, 0.25) is 0 Å². The van der Waals surface area contributed by atoms with E-state index in [-0.39, 0.29) is 11.7 Å². The van der Waals surface area contributed by atoms with Crippen molar-refractivity contribution in [2.75, 3.05) is 24.7 Å². The highest BCUT2D eigenvalue weighted by Gasteiger charge is 2.17. The third-order valence-electron chi connectivity index (χ3n) is 3.77. The lowest BCUT2D eigenvalue weighted by atomic mass is 10.1. The number of halogens is 1. The van der Waals surface area contributed by atoms with E-state index in [4.69, 9.17) is 0 Å². The van der Waals surface area contributed by atoms with Gasteiger partial charge in [0.2, 0.25) is 0 Å². The molecule has 0 aromatic heterocycles. The third-order valence-corrected chi connectivity index (χ3v) is 4.84. The van der Waals surface area contributed by atoms with Crippen molar-refractivity contribution in [3.05, 3.63) is 59.4 Å². The van der Waals surface area contributed by atoms with Gasteiger partial charge in [0.05, 0.1) is 5.71 Å². The van der Waals surface area contributed by atoms with E-state index in [1.807, 2.05) is 31.1 Å². The first kappa shape index (κ1) is 16.5. The van der Waals surface area contributed by atoms with Gasteiger partial charge >= 0.3 is 0 Å². The first-order valence-corrected chi connectivity index (χ1v) is 8.60. The fraction of sp³-hybridized carbons (Fsp3) is 0.222. The number of hydrogen-bond donors (Lipinski definition) is 1. The summed E-state index contributed by atoms with van der Waals surface area (Å²) in [5.74, 6) is 0.292. The molecule has 0 saturated carbocycles. The summed E-state index contributed by atoms with van der Waals surface area (Å²) in [5, 5.41) is 4.24. The van der Waals surface area contributed by atoms with Crippen LogP contribution in [-0.2, 0) is 0 Å². The lowest BCUT2D eigenvalue weighted by Crippen LogP contribution is -2.22. The zero-order chi connectivity index (χ0) is 17.1. The molecule has 1 amide bonds. The maximum atomic E-state index is 13.5. The molecule has 1 heterocycles. The van der Waals surface area contributed by atoms with Crippen molar-refractivity contribution >= 4 is 29.1 Å². The number of carbonyl (C=O) groups excluding carboxylic acids is 1. The molecule has 3 rings (SSSR count). The highest BCUT2D eigenvalue weighted by molar-refractivity contribution is 7.99. The molecule has 1 N–H and O–H groups in total.